The molecule has 2 aliphatic rings. The van der Waals surface area contributed by atoms with E-state index < -0.39 is 0 Å². The normalized spacial score (nSPS) is 27.1. The van der Waals surface area contributed by atoms with E-state index in [9.17, 15) is 4.39 Å². The molecule has 3 heterocycles. The SMILES string of the molecule is C=CCOC1C[C@@H]2CC[C@@H](C1)N2C[C@@H](C)Cn1ncc2ccc(F)cc21. The van der Waals surface area contributed by atoms with Crippen molar-refractivity contribution >= 4 is 10.9 Å². The van der Waals surface area contributed by atoms with E-state index in [1.807, 2.05) is 17.0 Å². The molecule has 1 aromatic heterocycles. The fourth-order valence-electron chi connectivity index (χ4n) is 4.76. The fraction of sp³-hybridized carbons (Fsp3) is 0.571. The van der Waals surface area contributed by atoms with Crippen LogP contribution in [0.15, 0.2) is 37.1 Å². The van der Waals surface area contributed by atoms with E-state index in [4.69, 9.17) is 4.74 Å². The van der Waals surface area contributed by atoms with Crippen LogP contribution in [0, 0.1) is 11.7 Å². The first-order chi connectivity index (χ1) is 12.6. The standard InChI is InChI=1S/C21H28FN3O/c1-3-8-26-20-10-18-6-7-19(11-20)24(18)13-15(2)14-25-21-9-17(22)5-4-16(21)12-23-25/h3-5,9,12,15,18-20H,1,6-8,10-11,13-14H2,2H3/t15-,18+,19+/m1/s1. The molecule has 2 bridgehead atoms. The Bertz CT molecular complexity index is 760. The topological polar surface area (TPSA) is 30.3 Å². The van der Waals surface area contributed by atoms with Crippen LogP contribution in [-0.4, -0.2) is 46.0 Å². The molecule has 140 valence electrons. The highest BCUT2D eigenvalue weighted by molar-refractivity contribution is 5.78. The minimum absolute atomic E-state index is 0.202. The first-order valence-electron chi connectivity index (χ1n) is 9.73. The van der Waals surface area contributed by atoms with Crippen LogP contribution in [0.4, 0.5) is 4.39 Å². The van der Waals surface area contributed by atoms with Gasteiger partial charge in [0.05, 0.1) is 24.4 Å². The molecule has 2 fully saturated rings. The molecule has 0 aliphatic carbocycles. The van der Waals surface area contributed by atoms with Gasteiger partial charge in [-0.1, -0.05) is 13.0 Å². The van der Waals surface area contributed by atoms with E-state index >= 15 is 0 Å². The molecule has 0 spiro atoms. The van der Waals surface area contributed by atoms with Gasteiger partial charge in [-0.15, -0.1) is 6.58 Å². The van der Waals surface area contributed by atoms with Crippen LogP contribution in [0.5, 0.6) is 0 Å². The number of piperidine rings is 1. The third-order valence-corrected chi connectivity index (χ3v) is 5.90. The summed E-state index contributed by atoms with van der Waals surface area (Å²) in [4.78, 5) is 2.69. The Morgan fingerprint density at radius 3 is 2.81 bits per heavy atom. The summed E-state index contributed by atoms with van der Waals surface area (Å²) >= 11 is 0. The lowest BCUT2D eigenvalue weighted by Crippen LogP contribution is -2.47. The Morgan fingerprint density at radius 1 is 1.31 bits per heavy atom. The summed E-state index contributed by atoms with van der Waals surface area (Å²) in [6.07, 6.45) is 8.87. The molecule has 4 nitrogen and oxygen atoms in total. The number of rotatable bonds is 7. The molecule has 5 heteroatoms. The van der Waals surface area contributed by atoms with Crippen molar-refractivity contribution < 1.29 is 9.13 Å². The highest BCUT2D eigenvalue weighted by Crippen LogP contribution is 2.37. The summed E-state index contributed by atoms with van der Waals surface area (Å²) in [7, 11) is 0. The Labute approximate surface area is 154 Å². The maximum atomic E-state index is 13.6. The van der Waals surface area contributed by atoms with E-state index in [-0.39, 0.29) is 5.82 Å². The van der Waals surface area contributed by atoms with Crippen LogP contribution in [0.25, 0.3) is 10.9 Å². The summed E-state index contributed by atoms with van der Waals surface area (Å²) in [6, 6.07) is 6.15. The van der Waals surface area contributed by atoms with Crippen molar-refractivity contribution in [2.45, 2.75) is 57.3 Å². The van der Waals surface area contributed by atoms with Gasteiger partial charge < -0.3 is 4.74 Å². The Morgan fingerprint density at radius 2 is 2.08 bits per heavy atom. The Hall–Kier alpha value is -1.72. The van der Waals surface area contributed by atoms with Crippen LogP contribution in [0.3, 0.4) is 0 Å². The number of fused-ring (bicyclic) bond motifs is 3. The molecule has 0 unspecified atom stereocenters. The first-order valence-corrected chi connectivity index (χ1v) is 9.73. The van der Waals surface area contributed by atoms with Gasteiger partial charge in [-0.3, -0.25) is 9.58 Å². The number of aromatic nitrogens is 2. The third-order valence-electron chi connectivity index (χ3n) is 5.90. The molecule has 2 aromatic rings. The Balaban J connectivity index is 1.38. The maximum absolute atomic E-state index is 13.6. The van der Waals surface area contributed by atoms with Gasteiger partial charge in [0.15, 0.2) is 0 Å². The van der Waals surface area contributed by atoms with Crippen molar-refractivity contribution in [3.8, 4) is 0 Å². The van der Waals surface area contributed by atoms with Gasteiger partial charge in [0.25, 0.3) is 0 Å². The van der Waals surface area contributed by atoms with E-state index in [1.165, 1.54) is 18.9 Å². The van der Waals surface area contributed by atoms with Crippen molar-refractivity contribution in [1.29, 1.82) is 0 Å². The number of hydrogen-bond acceptors (Lipinski definition) is 3. The molecule has 0 N–H and O–H groups in total. The molecular formula is C21H28FN3O. The Kier molecular flexibility index (Phi) is 5.09. The molecular weight excluding hydrogens is 329 g/mol. The van der Waals surface area contributed by atoms with Gasteiger partial charge in [-0.05, 0) is 49.8 Å². The lowest BCUT2D eigenvalue weighted by atomic mass is 9.98. The van der Waals surface area contributed by atoms with Crippen molar-refractivity contribution in [3.63, 3.8) is 0 Å². The second-order valence-electron chi connectivity index (χ2n) is 7.93. The summed E-state index contributed by atoms with van der Waals surface area (Å²) < 4.78 is 21.4. The van der Waals surface area contributed by atoms with Crippen LogP contribution in [-0.2, 0) is 11.3 Å². The van der Waals surface area contributed by atoms with Gasteiger partial charge in [0.2, 0.25) is 0 Å². The highest BCUT2D eigenvalue weighted by atomic mass is 19.1. The van der Waals surface area contributed by atoms with E-state index in [0.29, 0.717) is 30.7 Å². The molecule has 26 heavy (non-hydrogen) atoms. The number of hydrogen-bond donors (Lipinski definition) is 0. The number of halogens is 1. The monoisotopic (exact) mass is 357 g/mol. The van der Waals surface area contributed by atoms with Crippen LogP contribution in [0.2, 0.25) is 0 Å². The van der Waals surface area contributed by atoms with Crippen LogP contribution >= 0.6 is 0 Å². The molecule has 3 atom stereocenters. The second kappa shape index (κ2) is 7.49. The molecule has 0 saturated carbocycles. The second-order valence-corrected chi connectivity index (χ2v) is 7.93. The van der Waals surface area contributed by atoms with Crippen LogP contribution < -0.4 is 0 Å². The van der Waals surface area contributed by atoms with E-state index in [0.717, 1.165) is 36.8 Å². The van der Waals surface area contributed by atoms with Gasteiger partial charge >= 0.3 is 0 Å². The summed E-state index contributed by atoms with van der Waals surface area (Å²) in [5, 5.41) is 5.47. The zero-order valence-corrected chi connectivity index (χ0v) is 15.5. The molecule has 0 radical (unpaired) electrons. The summed E-state index contributed by atoms with van der Waals surface area (Å²) in [5.74, 6) is 0.265. The van der Waals surface area contributed by atoms with Gasteiger partial charge in [-0.2, -0.15) is 5.10 Å². The number of nitrogens with zero attached hydrogens (tertiary/aromatic N) is 3. The maximum Gasteiger partial charge on any atom is 0.125 e. The summed E-state index contributed by atoms with van der Waals surface area (Å²) in [6.45, 7) is 8.56. The third kappa shape index (κ3) is 3.55. The van der Waals surface area contributed by atoms with Gasteiger partial charge in [0.1, 0.15) is 5.82 Å². The lowest BCUT2D eigenvalue weighted by Gasteiger charge is -2.40. The van der Waals surface area contributed by atoms with Crippen molar-refractivity contribution in [3.05, 3.63) is 42.9 Å². The molecule has 1 aromatic carbocycles. The molecule has 4 rings (SSSR count). The van der Waals surface area contributed by atoms with Gasteiger partial charge in [0, 0.05) is 30.6 Å². The predicted octanol–water partition coefficient (Wildman–Crippen LogP) is 4.01. The van der Waals surface area contributed by atoms with E-state index in [1.54, 1.807) is 12.1 Å². The minimum atomic E-state index is -0.202. The summed E-state index contributed by atoms with van der Waals surface area (Å²) in [5.41, 5.74) is 0.886. The highest BCUT2D eigenvalue weighted by Gasteiger charge is 2.41. The van der Waals surface area contributed by atoms with Crippen molar-refractivity contribution in [2.24, 2.45) is 5.92 Å². The average molecular weight is 357 g/mol. The molecule has 2 saturated heterocycles. The molecule has 2 aliphatic heterocycles. The number of benzene rings is 1. The molecule has 0 amide bonds. The minimum Gasteiger partial charge on any atom is -0.374 e. The van der Waals surface area contributed by atoms with Crippen molar-refractivity contribution in [1.82, 2.24) is 14.7 Å². The fourth-order valence-corrected chi connectivity index (χ4v) is 4.76. The van der Waals surface area contributed by atoms with Crippen LogP contribution in [0.1, 0.15) is 32.6 Å². The predicted molar refractivity (Wildman–Crippen MR) is 102 cm³/mol. The average Bonchev–Trinajstić information content (AvgIpc) is 3.10. The smallest absolute Gasteiger partial charge is 0.125 e. The zero-order chi connectivity index (χ0) is 18.1. The van der Waals surface area contributed by atoms with Gasteiger partial charge in [-0.25, -0.2) is 4.39 Å². The van der Waals surface area contributed by atoms with Crippen molar-refractivity contribution in [2.75, 3.05) is 13.2 Å². The first kappa shape index (κ1) is 17.7. The zero-order valence-electron chi connectivity index (χ0n) is 15.5. The van der Waals surface area contributed by atoms with E-state index in [2.05, 4.69) is 23.5 Å². The quantitative estimate of drug-likeness (QED) is 0.702. The lowest BCUT2D eigenvalue weighted by molar-refractivity contribution is -0.0134. The number of ether oxygens (including phenoxy) is 1. The largest absolute Gasteiger partial charge is 0.374 e.